The van der Waals surface area contributed by atoms with Crippen LogP contribution in [-0.2, 0) is 0 Å². The number of carbonyl (C=O) groups is 1. The van der Waals surface area contributed by atoms with Gasteiger partial charge in [-0.15, -0.1) is 0 Å². The molecular weight excluding hydrogens is 322 g/mol. The number of non-ortho nitro benzene ring substituents is 1. The van der Waals surface area contributed by atoms with Crippen LogP contribution in [0.4, 0.5) is 5.69 Å². The van der Waals surface area contributed by atoms with Crippen LogP contribution in [0.5, 0.6) is 0 Å². The van der Waals surface area contributed by atoms with Crippen molar-refractivity contribution in [3.63, 3.8) is 0 Å². The Morgan fingerprint density at radius 3 is 2.56 bits per heavy atom. The lowest BCUT2D eigenvalue weighted by Gasteiger charge is -2.08. The molecule has 0 radical (unpaired) electrons. The fraction of sp³-hybridized carbons (Fsp3) is 0.111. The molecule has 0 aliphatic heterocycles. The summed E-state index contributed by atoms with van der Waals surface area (Å²) in [7, 11) is 0. The Morgan fingerprint density at radius 1 is 1.16 bits per heavy atom. The van der Waals surface area contributed by atoms with Crippen LogP contribution < -0.4 is 5.49 Å². The minimum Gasteiger partial charge on any atom is -0.467 e. The highest BCUT2D eigenvalue weighted by Crippen LogP contribution is 2.16. The predicted octanol–water partition coefficient (Wildman–Crippen LogP) is 3.34. The Bertz CT molecular complexity index is 956. The third kappa shape index (κ3) is 3.55. The zero-order valence-electron chi connectivity index (χ0n) is 13.4. The number of hydrogen-bond donors (Lipinski definition) is 0. The molecule has 0 aliphatic rings. The molecule has 0 saturated carbocycles. The first kappa shape index (κ1) is 16.4. The van der Waals surface area contributed by atoms with Gasteiger partial charge in [0.1, 0.15) is 17.3 Å². The number of aromatic nitrogens is 1. The average Bonchev–Trinajstić information content (AvgIpc) is 3.16. The molecule has 1 atom stereocenters. The lowest BCUT2D eigenvalue weighted by atomic mass is 10.2. The molecule has 25 heavy (non-hydrogen) atoms. The number of benzene rings is 1. The molecule has 2 aromatic heterocycles. The van der Waals surface area contributed by atoms with Crippen molar-refractivity contribution in [2.45, 2.75) is 13.0 Å². The molecule has 0 unspecified atom stereocenters. The van der Waals surface area contributed by atoms with E-state index in [1.807, 2.05) is 13.0 Å². The number of carbonyl (C=O) groups excluding carboxylic acids is 1. The van der Waals surface area contributed by atoms with Crippen LogP contribution in [0, 0.1) is 10.1 Å². The number of nitrogens with zero attached hydrogens (tertiary/aromatic N) is 3. The monoisotopic (exact) mass is 337 g/mol. The van der Waals surface area contributed by atoms with E-state index in [2.05, 4.69) is 4.99 Å². The van der Waals surface area contributed by atoms with Crippen LogP contribution in [-0.4, -0.2) is 15.4 Å². The van der Waals surface area contributed by atoms with E-state index >= 15 is 0 Å². The summed E-state index contributed by atoms with van der Waals surface area (Å²) < 4.78 is 6.74. The first-order chi connectivity index (χ1) is 12.1. The summed E-state index contributed by atoms with van der Waals surface area (Å²) in [5.74, 6) is 0.374. The topological polar surface area (TPSA) is 90.6 Å². The Balaban J connectivity index is 1.97. The van der Waals surface area contributed by atoms with Gasteiger partial charge in [-0.25, -0.2) is 0 Å². The molecule has 1 aromatic carbocycles. The second kappa shape index (κ2) is 6.96. The largest absolute Gasteiger partial charge is 0.467 e. The van der Waals surface area contributed by atoms with E-state index in [9.17, 15) is 14.9 Å². The second-order valence-electron chi connectivity index (χ2n) is 5.36. The van der Waals surface area contributed by atoms with Crippen molar-refractivity contribution in [1.29, 1.82) is 0 Å². The Kier molecular flexibility index (Phi) is 4.56. The Hall–Kier alpha value is -3.48. The van der Waals surface area contributed by atoms with Crippen molar-refractivity contribution in [3.8, 4) is 0 Å². The molecule has 0 amide bonds. The molecule has 7 nitrogen and oxygen atoms in total. The van der Waals surface area contributed by atoms with E-state index in [1.165, 1.54) is 28.8 Å². The minimum absolute atomic E-state index is 0.0639. The SMILES string of the molecule is C[C@@H](N=c1ccccn1C(=O)c1ccc([N+](=O)[O-])cc1)c1ccco1. The highest BCUT2D eigenvalue weighted by molar-refractivity contribution is 5.95. The second-order valence-corrected chi connectivity index (χ2v) is 5.36. The van der Waals surface area contributed by atoms with Gasteiger partial charge in [-0.2, -0.15) is 0 Å². The first-order valence-electron chi connectivity index (χ1n) is 7.60. The van der Waals surface area contributed by atoms with E-state index in [0.29, 0.717) is 16.8 Å². The molecule has 2 heterocycles. The van der Waals surface area contributed by atoms with Crippen LogP contribution in [0.25, 0.3) is 0 Å². The van der Waals surface area contributed by atoms with Crippen LogP contribution in [0.3, 0.4) is 0 Å². The summed E-state index contributed by atoms with van der Waals surface area (Å²) in [4.78, 5) is 27.5. The smallest absolute Gasteiger partial charge is 0.269 e. The maximum atomic E-state index is 12.7. The summed E-state index contributed by atoms with van der Waals surface area (Å²) in [5, 5.41) is 10.7. The highest BCUT2D eigenvalue weighted by atomic mass is 16.6. The highest BCUT2D eigenvalue weighted by Gasteiger charge is 2.12. The molecule has 0 fully saturated rings. The van der Waals surface area contributed by atoms with Gasteiger partial charge in [0.2, 0.25) is 0 Å². The molecule has 0 spiro atoms. The van der Waals surface area contributed by atoms with E-state index in [4.69, 9.17) is 4.42 Å². The summed E-state index contributed by atoms with van der Waals surface area (Å²) in [6, 6.07) is 14.0. The fourth-order valence-corrected chi connectivity index (χ4v) is 2.37. The Morgan fingerprint density at radius 2 is 1.92 bits per heavy atom. The van der Waals surface area contributed by atoms with Gasteiger partial charge >= 0.3 is 0 Å². The molecule has 0 N–H and O–H groups in total. The normalized spacial score (nSPS) is 12.8. The third-order valence-electron chi connectivity index (χ3n) is 3.66. The van der Waals surface area contributed by atoms with Gasteiger partial charge in [-0.3, -0.25) is 24.5 Å². The summed E-state index contributed by atoms with van der Waals surface area (Å²) >= 11 is 0. The molecule has 3 aromatic rings. The molecule has 0 saturated heterocycles. The van der Waals surface area contributed by atoms with E-state index < -0.39 is 4.92 Å². The molecule has 126 valence electrons. The minimum atomic E-state index is -0.504. The van der Waals surface area contributed by atoms with Crippen molar-refractivity contribution in [1.82, 2.24) is 4.57 Å². The van der Waals surface area contributed by atoms with E-state index in [0.717, 1.165) is 0 Å². The quantitative estimate of drug-likeness (QED) is 0.539. The summed E-state index contributed by atoms with van der Waals surface area (Å²) in [5.41, 5.74) is 0.740. The molecule has 7 heteroatoms. The van der Waals surface area contributed by atoms with Crippen molar-refractivity contribution >= 4 is 11.6 Å². The fourth-order valence-electron chi connectivity index (χ4n) is 2.37. The predicted molar refractivity (Wildman–Crippen MR) is 89.9 cm³/mol. The maximum absolute atomic E-state index is 12.7. The summed E-state index contributed by atoms with van der Waals surface area (Å²) in [6.07, 6.45) is 3.18. The average molecular weight is 337 g/mol. The lowest BCUT2D eigenvalue weighted by molar-refractivity contribution is -0.384. The van der Waals surface area contributed by atoms with E-state index in [1.54, 1.807) is 36.7 Å². The van der Waals surface area contributed by atoms with Crippen LogP contribution in [0.15, 0.2) is 76.5 Å². The molecule has 3 rings (SSSR count). The van der Waals surface area contributed by atoms with Gasteiger partial charge in [-0.1, -0.05) is 6.07 Å². The van der Waals surface area contributed by atoms with Gasteiger partial charge in [0, 0.05) is 23.9 Å². The van der Waals surface area contributed by atoms with Gasteiger partial charge in [0.05, 0.1) is 11.2 Å². The number of hydrogen-bond acceptors (Lipinski definition) is 5. The number of nitro benzene ring substituents is 1. The van der Waals surface area contributed by atoms with Crippen molar-refractivity contribution < 1.29 is 14.1 Å². The molecule has 0 aliphatic carbocycles. The van der Waals surface area contributed by atoms with Crippen molar-refractivity contribution in [3.05, 3.63) is 94.0 Å². The number of furan rings is 1. The zero-order valence-corrected chi connectivity index (χ0v) is 13.4. The zero-order chi connectivity index (χ0) is 17.8. The maximum Gasteiger partial charge on any atom is 0.269 e. The lowest BCUT2D eigenvalue weighted by Crippen LogP contribution is -2.27. The van der Waals surface area contributed by atoms with Crippen LogP contribution in [0.2, 0.25) is 0 Å². The Labute approximate surface area is 143 Å². The third-order valence-corrected chi connectivity index (χ3v) is 3.66. The standard InChI is InChI=1S/C18H15N3O4/c1-13(16-5-4-12-25-16)19-17-6-2-3-11-20(17)18(22)14-7-9-15(10-8-14)21(23)24/h2-13H,1H3/t13-/m1/s1. The number of pyridine rings is 1. The molecule has 0 bridgehead atoms. The first-order valence-corrected chi connectivity index (χ1v) is 7.60. The molecular formula is C18H15N3O4. The van der Waals surface area contributed by atoms with Crippen LogP contribution in [0.1, 0.15) is 29.1 Å². The van der Waals surface area contributed by atoms with Crippen LogP contribution >= 0.6 is 0 Å². The van der Waals surface area contributed by atoms with Gasteiger partial charge in [-0.05, 0) is 43.3 Å². The number of nitro groups is 1. The van der Waals surface area contributed by atoms with Gasteiger partial charge < -0.3 is 4.42 Å². The van der Waals surface area contributed by atoms with Crippen molar-refractivity contribution in [2.75, 3.05) is 0 Å². The van der Waals surface area contributed by atoms with E-state index in [-0.39, 0.29) is 17.6 Å². The van der Waals surface area contributed by atoms with Crippen molar-refractivity contribution in [2.24, 2.45) is 4.99 Å². The van der Waals surface area contributed by atoms with Gasteiger partial charge in [0.25, 0.3) is 11.6 Å². The summed E-state index contributed by atoms with van der Waals surface area (Å²) in [6.45, 7) is 1.87. The number of rotatable bonds is 4. The van der Waals surface area contributed by atoms with Gasteiger partial charge in [0.15, 0.2) is 0 Å².